The number of rotatable bonds is 3. The van der Waals surface area contributed by atoms with Crippen LogP contribution in [0.5, 0.6) is 0 Å². The highest BCUT2D eigenvalue weighted by Crippen LogP contribution is 2.31. The standard InChI is InChI=1S/C19H18N2O2/c1-20(2)11-12-21-15-9-5-3-7-13(15)18-17(19(21)22)14-8-4-6-10-16(14)23-18/h3-10H,11-12H2,1-2H3. The van der Waals surface area contributed by atoms with Crippen molar-refractivity contribution in [1.29, 1.82) is 0 Å². The van der Waals surface area contributed by atoms with E-state index in [4.69, 9.17) is 4.42 Å². The summed E-state index contributed by atoms with van der Waals surface area (Å²) in [5.74, 6) is 0. The molecule has 2 aromatic carbocycles. The third-order valence-electron chi connectivity index (χ3n) is 4.26. The van der Waals surface area contributed by atoms with Gasteiger partial charge in [-0.25, -0.2) is 0 Å². The van der Waals surface area contributed by atoms with E-state index in [0.717, 1.165) is 28.4 Å². The fourth-order valence-corrected chi connectivity index (χ4v) is 3.11. The van der Waals surface area contributed by atoms with Crippen LogP contribution in [0.1, 0.15) is 0 Å². The summed E-state index contributed by atoms with van der Waals surface area (Å²) in [6, 6.07) is 15.7. The number of hydrogen-bond acceptors (Lipinski definition) is 3. The summed E-state index contributed by atoms with van der Waals surface area (Å²) in [6.07, 6.45) is 0. The van der Waals surface area contributed by atoms with Crippen molar-refractivity contribution in [2.45, 2.75) is 6.54 Å². The van der Waals surface area contributed by atoms with Crippen LogP contribution in [0.2, 0.25) is 0 Å². The second-order valence-corrected chi connectivity index (χ2v) is 6.08. The lowest BCUT2D eigenvalue weighted by atomic mass is 10.1. The minimum atomic E-state index is 0.0190. The van der Waals surface area contributed by atoms with E-state index >= 15 is 0 Å². The van der Waals surface area contributed by atoms with Gasteiger partial charge in [0.05, 0.1) is 10.9 Å². The van der Waals surface area contributed by atoms with Gasteiger partial charge in [0, 0.05) is 23.9 Å². The van der Waals surface area contributed by atoms with Crippen molar-refractivity contribution in [2.75, 3.05) is 20.6 Å². The van der Waals surface area contributed by atoms with E-state index in [9.17, 15) is 4.79 Å². The number of hydrogen-bond donors (Lipinski definition) is 0. The van der Waals surface area contributed by atoms with Gasteiger partial charge in [0.1, 0.15) is 11.2 Å². The minimum Gasteiger partial charge on any atom is -0.455 e. The van der Waals surface area contributed by atoms with Crippen LogP contribution in [0.4, 0.5) is 0 Å². The first-order chi connectivity index (χ1) is 11.2. The zero-order valence-corrected chi connectivity index (χ0v) is 13.2. The van der Waals surface area contributed by atoms with Gasteiger partial charge in [-0.1, -0.05) is 30.3 Å². The molecule has 2 aromatic heterocycles. The number of benzene rings is 2. The molecular formula is C19H18N2O2. The Morgan fingerprint density at radius 2 is 1.70 bits per heavy atom. The molecule has 0 amide bonds. The van der Waals surface area contributed by atoms with Crippen molar-refractivity contribution >= 4 is 32.8 Å². The lowest BCUT2D eigenvalue weighted by Gasteiger charge is -2.14. The van der Waals surface area contributed by atoms with E-state index < -0.39 is 0 Å². The van der Waals surface area contributed by atoms with Crippen molar-refractivity contribution in [3.05, 3.63) is 58.9 Å². The van der Waals surface area contributed by atoms with Crippen molar-refractivity contribution in [3.63, 3.8) is 0 Å². The maximum atomic E-state index is 13.1. The van der Waals surface area contributed by atoms with Gasteiger partial charge < -0.3 is 13.9 Å². The van der Waals surface area contributed by atoms with Gasteiger partial charge in [-0.3, -0.25) is 4.79 Å². The summed E-state index contributed by atoms with van der Waals surface area (Å²) in [5, 5.41) is 2.55. The summed E-state index contributed by atoms with van der Waals surface area (Å²) >= 11 is 0. The summed E-state index contributed by atoms with van der Waals surface area (Å²) in [5.41, 5.74) is 2.39. The Morgan fingerprint density at radius 3 is 2.48 bits per heavy atom. The Kier molecular flexibility index (Phi) is 3.20. The van der Waals surface area contributed by atoms with E-state index in [2.05, 4.69) is 4.90 Å². The van der Waals surface area contributed by atoms with Crippen LogP contribution in [0.25, 0.3) is 32.8 Å². The molecule has 4 aromatic rings. The molecule has 0 N–H and O–H groups in total. The quantitative estimate of drug-likeness (QED) is 0.582. The summed E-state index contributed by atoms with van der Waals surface area (Å²) in [7, 11) is 4.03. The molecule has 0 bridgehead atoms. The molecule has 116 valence electrons. The van der Waals surface area contributed by atoms with Gasteiger partial charge >= 0.3 is 0 Å². The number of pyridine rings is 1. The molecular weight excluding hydrogens is 288 g/mol. The molecule has 0 saturated heterocycles. The van der Waals surface area contributed by atoms with Gasteiger partial charge in [-0.2, -0.15) is 0 Å². The summed E-state index contributed by atoms with van der Waals surface area (Å²) in [6.45, 7) is 1.47. The van der Waals surface area contributed by atoms with Crippen LogP contribution in [-0.4, -0.2) is 30.1 Å². The zero-order valence-electron chi connectivity index (χ0n) is 13.2. The van der Waals surface area contributed by atoms with Crippen LogP contribution in [0.15, 0.2) is 57.7 Å². The third kappa shape index (κ3) is 2.14. The normalized spacial score (nSPS) is 12.0. The van der Waals surface area contributed by atoms with Gasteiger partial charge in [0.2, 0.25) is 0 Å². The molecule has 23 heavy (non-hydrogen) atoms. The first kappa shape index (κ1) is 14.0. The van der Waals surface area contributed by atoms with Gasteiger partial charge in [0.25, 0.3) is 5.56 Å². The highest BCUT2D eigenvalue weighted by molar-refractivity contribution is 6.13. The van der Waals surface area contributed by atoms with Crippen LogP contribution in [-0.2, 0) is 6.54 Å². The number of furan rings is 1. The summed E-state index contributed by atoms with van der Waals surface area (Å²) < 4.78 is 7.86. The van der Waals surface area contributed by atoms with Gasteiger partial charge in [-0.15, -0.1) is 0 Å². The molecule has 2 heterocycles. The highest BCUT2D eigenvalue weighted by Gasteiger charge is 2.17. The molecule has 0 radical (unpaired) electrons. The Bertz CT molecular complexity index is 1070. The van der Waals surface area contributed by atoms with E-state index in [1.54, 1.807) is 0 Å². The fourth-order valence-electron chi connectivity index (χ4n) is 3.11. The van der Waals surface area contributed by atoms with Gasteiger partial charge in [0.15, 0.2) is 0 Å². The molecule has 4 nitrogen and oxygen atoms in total. The number of fused-ring (bicyclic) bond motifs is 5. The number of nitrogens with zero attached hydrogens (tertiary/aromatic N) is 2. The lowest BCUT2D eigenvalue weighted by molar-refractivity contribution is 0.384. The van der Waals surface area contributed by atoms with Crippen molar-refractivity contribution in [3.8, 4) is 0 Å². The third-order valence-corrected chi connectivity index (χ3v) is 4.26. The number of likely N-dealkylation sites (N-methyl/N-ethyl adjacent to an activating group) is 1. The number of aromatic nitrogens is 1. The first-order valence-electron chi connectivity index (χ1n) is 7.74. The molecule has 0 aliphatic carbocycles. The van der Waals surface area contributed by atoms with Gasteiger partial charge in [-0.05, 0) is 32.3 Å². The Balaban J connectivity index is 2.16. The molecule has 4 rings (SSSR count). The smallest absolute Gasteiger partial charge is 0.262 e. The Morgan fingerprint density at radius 1 is 1.00 bits per heavy atom. The van der Waals surface area contributed by atoms with Crippen molar-refractivity contribution in [2.24, 2.45) is 0 Å². The Hall–Kier alpha value is -2.59. The van der Waals surface area contributed by atoms with Crippen LogP contribution >= 0.6 is 0 Å². The SMILES string of the molecule is CN(C)CCn1c(=O)c2c3ccccc3oc2c2ccccc21. The maximum absolute atomic E-state index is 13.1. The van der Waals surface area contributed by atoms with Crippen LogP contribution < -0.4 is 5.56 Å². The largest absolute Gasteiger partial charge is 0.455 e. The van der Waals surface area contributed by atoms with E-state index in [0.29, 0.717) is 17.5 Å². The Labute approximate surface area is 133 Å². The molecule has 0 aliphatic heterocycles. The highest BCUT2D eigenvalue weighted by atomic mass is 16.3. The number of para-hydroxylation sites is 2. The average molecular weight is 306 g/mol. The average Bonchev–Trinajstić information content (AvgIpc) is 2.94. The second-order valence-electron chi connectivity index (χ2n) is 6.08. The predicted molar refractivity (Wildman–Crippen MR) is 94.0 cm³/mol. The van der Waals surface area contributed by atoms with Crippen molar-refractivity contribution in [1.82, 2.24) is 9.47 Å². The molecule has 0 saturated carbocycles. The first-order valence-corrected chi connectivity index (χ1v) is 7.74. The molecule has 0 atom stereocenters. The topological polar surface area (TPSA) is 38.4 Å². The monoisotopic (exact) mass is 306 g/mol. The van der Waals surface area contributed by atoms with Crippen molar-refractivity contribution < 1.29 is 4.42 Å². The molecule has 0 aliphatic rings. The predicted octanol–water partition coefficient (Wildman–Crippen LogP) is 3.46. The molecule has 4 heteroatoms. The summed E-state index contributed by atoms with van der Waals surface area (Å²) in [4.78, 5) is 15.2. The van der Waals surface area contributed by atoms with E-state index in [1.807, 2.05) is 67.2 Å². The molecule has 0 fully saturated rings. The van der Waals surface area contributed by atoms with Crippen LogP contribution in [0.3, 0.4) is 0 Å². The van der Waals surface area contributed by atoms with E-state index in [-0.39, 0.29) is 5.56 Å². The minimum absolute atomic E-state index is 0.0190. The zero-order chi connectivity index (χ0) is 16.0. The maximum Gasteiger partial charge on any atom is 0.262 e. The molecule has 0 unspecified atom stereocenters. The second kappa shape index (κ2) is 5.25. The fraction of sp³-hybridized carbons (Fsp3) is 0.211. The van der Waals surface area contributed by atoms with Crippen LogP contribution in [0, 0.1) is 0 Å². The molecule has 0 spiro atoms. The lowest BCUT2D eigenvalue weighted by Crippen LogP contribution is -2.26. The van der Waals surface area contributed by atoms with E-state index in [1.165, 1.54) is 0 Å².